The molecule has 1 saturated heterocycles. The van der Waals surface area contributed by atoms with E-state index in [9.17, 15) is 9.18 Å². The van der Waals surface area contributed by atoms with Gasteiger partial charge in [-0.2, -0.15) is 10.1 Å². The number of anilines is 3. The van der Waals surface area contributed by atoms with Crippen LogP contribution in [-0.2, 0) is 16.1 Å². The molecule has 30 heavy (non-hydrogen) atoms. The first-order valence-corrected chi connectivity index (χ1v) is 9.54. The molecule has 1 aliphatic heterocycles. The van der Waals surface area contributed by atoms with Crippen LogP contribution >= 0.6 is 11.6 Å². The summed E-state index contributed by atoms with van der Waals surface area (Å²) in [6.07, 6.45) is 4.87. The predicted molar refractivity (Wildman–Crippen MR) is 109 cm³/mol. The lowest BCUT2D eigenvalue weighted by molar-refractivity contribution is -0.137. The predicted octanol–water partition coefficient (Wildman–Crippen LogP) is 2.80. The summed E-state index contributed by atoms with van der Waals surface area (Å²) in [4.78, 5) is 22.0. The van der Waals surface area contributed by atoms with E-state index >= 15 is 0 Å². The minimum absolute atomic E-state index is 0.00383. The van der Waals surface area contributed by atoms with Crippen LogP contribution in [0.5, 0.6) is 0 Å². The van der Waals surface area contributed by atoms with Crippen LogP contribution in [0.2, 0.25) is 5.02 Å². The van der Waals surface area contributed by atoms with Gasteiger partial charge in [-0.25, -0.2) is 9.37 Å². The first kappa shape index (κ1) is 20.0. The minimum atomic E-state index is -0.980. The van der Waals surface area contributed by atoms with Gasteiger partial charge >= 0.3 is 5.97 Å². The van der Waals surface area contributed by atoms with Crippen LogP contribution in [0.15, 0.2) is 36.8 Å². The molecular formula is C19H18ClFN6O3. The van der Waals surface area contributed by atoms with Crippen molar-refractivity contribution in [3.8, 4) is 11.1 Å². The van der Waals surface area contributed by atoms with Crippen molar-refractivity contribution in [3.05, 3.63) is 47.6 Å². The number of morpholine rings is 1. The van der Waals surface area contributed by atoms with Crippen LogP contribution in [0.3, 0.4) is 0 Å². The smallest absolute Gasteiger partial charge is 0.325 e. The standard InChI is InChI=1S/C19H18ClFN6O3/c20-15-7-13(1-2-16(15)21)24-19-22-9-14(12-8-23-27(10-12)11-17(28)29)18(25-19)26-3-5-30-6-4-26/h1-2,7-10H,3-6,11H2,(H,28,29)(H,22,24,25). The lowest BCUT2D eigenvalue weighted by Gasteiger charge is -2.29. The molecule has 0 radical (unpaired) electrons. The Bertz CT molecular complexity index is 1070. The molecule has 1 aromatic carbocycles. The zero-order chi connectivity index (χ0) is 21.1. The molecule has 11 heteroatoms. The molecule has 2 aromatic heterocycles. The van der Waals surface area contributed by atoms with E-state index in [-0.39, 0.29) is 11.6 Å². The van der Waals surface area contributed by atoms with Crippen molar-refractivity contribution in [1.29, 1.82) is 0 Å². The van der Waals surface area contributed by atoms with E-state index in [1.807, 2.05) is 0 Å². The molecule has 0 bridgehead atoms. The number of aliphatic carboxylic acids is 1. The Labute approximate surface area is 176 Å². The van der Waals surface area contributed by atoms with Gasteiger partial charge in [0.1, 0.15) is 18.2 Å². The molecule has 2 N–H and O–H groups in total. The largest absolute Gasteiger partial charge is 0.480 e. The van der Waals surface area contributed by atoms with Crippen LogP contribution in [0.4, 0.5) is 21.8 Å². The molecule has 0 unspecified atom stereocenters. The van der Waals surface area contributed by atoms with E-state index in [1.165, 1.54) is 16.8 Å². The SMILES string of the molecule is O=C(O)Cn1cc(-c2cnc(Nc3ccc(F)c(Cl)c3)nc2N2CCOCC2)cn1. The number of aromatic nitrogens is 4. The summed E-state index contributed by atoms with van der Waals surface area (Å²) in [5.74, 6) is -0.502. The van der Waals surface area contributed by atoms with Gasteiger partial charge in [0, 0.05) is 42.3 Å². The Morgan fingerprint density at radius 2 is 2.10 bits per heavy atom. The van der Waals surface area contributed by atoms with E-state index < -0.39 is 11.8 Å². The number of halogens is 2. The summed E-state index contributed by atoms with van der Waals surface area (Å²) in [6, 6.07) is 4.26. The fourth-order valence-electron chi connectivity index (χ4n) is 3.08. The van der Waals surface area contributed by atoms with Crippen molar-refractivity contribution in [3.63, 3.8) is 0 Å². The molecular weight excluding hydrogens is 415 g/mol. The molecule has 156 valence electrons. The highest BCUT2D eigenvalue weighted by Crippen LogP contribution is 2.31. The number of hydrogen-bond donors (Lipinski definition) is 2. The summed E-state index contributed by atoms with van der Waals surface area (Å²) in [5, 5.41) is 16.1. The highest BCUT2D eigenvalue weighted by atomic mass is 35.5. The third-order valence-corrected chi connectivity index (χ3v) is 4.79. The number of carboxylic acid groups (broad SMARTS) is 1. The normalized spacial score (nSPS) is 14.0. The Balaban J connectivity index is 1.68. The van der Waals surface area contributed by atoms with Gasteiger partial charge in [0.25, 0.3) is 0 Å². The van der Waals surface area contributed by atoms with Gasteiger partial charge in [-0.05, 0) is 18.2 Å². The number of nitrogens with one attached hydrogen (secondary N) is 1. The van der Waals surface area contributed by atoms with Gasteiger partial charge in [-0.3, -0.25) is 9.48 Å². The molecule has 1 aliphatic rings. The van der Waals surface area contributed by atoms with Gasteiger partial charge in [-0.15, -0.1) is 0 Å². The van der Waals surface area contributed by atoms with E-state index in [0.29, 0.717) is 49.3 Å². The van der Waals surface area contributed by atoms with E-state index in [1.54, 1.807) is 24.7 Å². The van der Waals surface area contributed by atoms with Gasteiger partial charge in [0.05, 0.1) is 24.4 Å². The quantitative estimate of drug-likeness (QED) is 0.612. The van der Waals surface area contributed by atoms with Crippen molar-refractivity contribution in [2.75, 3.05) is 36.5 Å². The Morgan fingerprint density at radius 3 is 2.83 bits per heavy atom. The monoisotopic (exact) mass is 432 g/mol. The lowest BCUT2D eigenvalue weighted by Crippen LogP contribution is -2.37. The van der Waals surface area contributed by atoms with Gasteiger partial charge in [-0.1, -0.05) is 11.6 Å². The van der Waals surface area contributed by atoms with Crippen LogP contribution in [0.1, 0.15) is 0 Å². The second kappa shape index (κ2) is 8.64. The number of benzene rings is 1. The number of carboxylic acids is 1. The first-order chi connectivity index (χ1) is 14.5. The van der Waals surface area contributed by atoms with Crippen molar-refractivity contribution < 1.29 is 19.0 Å². The first-order valence-electron chi connectivity index (χ1n) is 9.16. The van der Waals surface area contributed by atoms with Crippen molar-refractivity contribution in [2.45, 2.75) is 6.54 Å². The number of rotatable bonds is 6. The Hall–Kier alpha value is -3.24. The second-order valence-corrected chi connectivity index (χ2v) is 7.01. The summed E-state index contributed by atoms with van der Waals surface area (Å²) in [5.41, 5.74) is 1.97. The number of carbonyl (C=O) groups is 1. The van der Waals surface area contributed by atoms with E-state index in [0.717, 1.165) is 5.56 Å². The highest BCUT2D eigenvalue weighted by molar-refractivity contribution is 6.31. The fraction of sp³-hybridized carbons (Fsp3) is 0.263. The lowest BCUT2D eigenvalue weighted by atomic mass is 10.1. The third-order valence-electron chi connectivity index (χ3n) is 4.50. The van der Waals surface area contributed by atoms with Gasteiger partial charge in [0.15, 0.2) is 0 Å². The summed E-state index contributed by atoms with van der Waals surface area (Å²) >= 11 is 5.85. The van der Waals surface area contributed by atoms with Crippen LogP contribution in [0, 0.1) is 5.82 Å². The average Bonchev–Trinajstić information content (AvgIpc) is 3.19. The minimum Gasteiger partial charge on any atom is -0.480 e. The molecule has 0 atom stereocenters. The number of hydrogen-bond acceptors (Lipinski definition) is 7. The van der Waals surface area contributed by atoms with Crippen molar-refractivity contribution in [1.82, 2.24) is 19.7 Å². The average molecular weight is 433 g/mol. The van der Waals surface area contributed by atoms with Crippen LogP contribution < -0.4 is 10.2 Å². The molecule has 0 spiro atoms. The maximum atomic E-state index is 13.4. The summed E-state index contributed by atoms with van der Waals surface area (Å²) in [7, 11) is 0. The fourth-order valence-corrected chi connectivity index (χ4v) is 3.26. The van der Waals surface area contributed by atoms with Gasteiger partial charge in [0.2, 0.25) is 5.95 Å². The summed E-state index contributed by atoms with van der Waals surface area (Å²) < 4.78 is 20.2. The van der Waals surface area contributed by atoms with E-state index in [4.69, 9.17) is 21.4 Å². The topological polar surface area (TPSA) is 105 Å². The molecule has 3 aromatic rings. The number of ether oxygens (including phenoxy) is 1. The number of nitrogens with zero attached hydrogens (tertiary/aromatic N) is 5. The Morgan fingerprint density at radius 1 is 1.30 bits per heavy atom. The Kier molecular flexibility index (Phi) is 5.77. The molecule has 0 saturated carbocycles. The second-order valence-electron chi connectivity index (χ2n) is 6.60. The maximum absolute atomic E-state index is 13.4. The molecule has 4 rings (SSSR count). The third kappa shape index (κ3) is 4.50. The zero-order valence-corrected chi connectivity index (χ0v) is 16.5. The molecule has 1 fully saturated rings. The zero-order valence-electron chi connectivity index (χ0n) is 15.8. The highest BCUT2D eigenvalue weighted by Gasteiger charge is 2.20. The molecule has 9 nitrogen and oxygen atoms in total. The van der Waals surface area contributed by atoms with Crippen molar-refractivity contribution >= 4 is 35.0 Å². The molecule has 3 heterocycles. The summed E-state index contributed by atoms with van der Waals surface area (Å²) in [6.45, 7) is 2.19. The van der Waals surface area contributed by atoms with Crippen LogP contribution in [0.25, 0.3) is 11.1 Å². The maximum Gasteiger partial charge on any atom is 0.325 e. The van der Waals surface area contributed by atoms with Crippen LogP contribution in [-0.4, -0.2) is 57.1 Å². The molecule has 0 amide bonds. The van der Waals surface area contributed by atoms with Crippen molar-refractivity contribution in [2.24, 2.45) is 0 Å². The van der Waals surface area contributed by atoms with Gasteiger partial charge < -0.3 is 20.1 Å². The molecule has 0 aliphatic carbocycles. The van der Waals surface area contributed by atoms with E-state index in [2.05, 4.69) is 25.3 Å².